The molecule has 0 bridgehead atoms. The molecule has 1 aliphatic heterocycles. The maximum absolute atomic E-state index is 13.2. The van der Waals surface area contributed by atoms with Crippen LogP contribution in [0, 0.1) is 0 Å². The van der Waals surface area contributed by atoms with Crippen LogP contribution in [0.25, 0.3) is 0 Å². The molecule has 0 saturated carbocycles. The maximum Gasteiger partial charge on any atom is 0.255 e. The number of fused-ring (bicyclic) bond motifs is 1. The zero-order chi connectivity index (χ0) is 24.1. The van der Waals surface area contributed by atoms with Gasteiger partial charge in [-0.3, -0.25) is 13.8 Å². The number of nitrogens with one attached hydrogen (secondary N) is 1. The lowest BCUT2D eigenvalue weighted by Gasteiger charge is -2.29. The van der Waals surface area contributed by atoms with Gasteiger partial charge in [0.1, 0.15) is 17.3 Å². The lowest BCUT2D eigenvalue weighted by molar-refractivity contribution is -0.116. The molecule has 1 unspecified atom stereocenters. The molecule has 176 valence electrons. The molecule has 0 saturated heterocycles. The normalized spacial score (nSPS) is 14.9. The van der Waals surface area contributed by atoms with E-state index < -0.39 is 10.8 Å². The van der Waals surface area contributed by atoms with Crippen molar-refractivity contribution in [3.63, 3.8) is 0 Å². The van der Waals surface area contributed by atoms with Crippen molar-refractivity contribution in [1.82, 2.24) is 0 Å². The van der Waals surface area contributed by atoms with E-state index in [-0.39, 0.29) is 17.6 Å². The predicted molar refractivity (Wildman–Crippen MR) is 132 cm³/mol. The van der Waals surface area contributed by atoms with E-state index in [0.717, 1.165) is 5.56 Å². The number of carbonyl (C=O) groups is 2. The summed E-state index contributed by atoms with van der Waals surface area (Å²) >= 11 is 0. The molecule has 0 fully saturated rings. The van der Waals surface area contributed by atoms with E-state index in [4.69, 9.17) is 9.47 Å². The summed E-state index contributed by atoms with van der Waals surface area (Å²) in [6.07, 6.45) is 0. The van der Waals surface area contributed by atoms with E-state index in [9.17, 15) is 13.8 Å². The van der Waals surface area contributed by atoms with Gasteiger partial charge in [-0.15, -0.1) is 0 Å². The first-order valence-electron chi connectivity index (χ1n) is 11.1. The summed E-state index contributed by atoms with van der Waals surface area (Å²) < 4.78 is 23.8. The van der Waals surface area contributed by atoms with E-state index >= 15 is 0 Å². The Kier molecular flexibility index (Phi) is 7.27. The van der Waals surface area contributed by atoms with Crippen LogP contribution in [0.3, 0.4) is 0 Å². The number of ether oxygens (including phenoxy) is 2. The highest BCUT2D eigenvalue weighted by Crippen LogP contribution is 2.33. The summed E-state index contributed by atoms with van der Waals surface area (Å²) in [5, 5.41) is 2.88. The molecule has 2 amide bonds. The van der Waals surface area contributed by atoms with Gasteiger partial charge in [0.25, 0.3) is 5.91 Å². The lowest BCUT2D eigenvalue weighted by atomic mass is 10.1. The number of benzene rings is 3. The summed E-state index contributed by atoms with van der Waals surface area (Å²) in [6.45, 7) is 5.02. The molecule has 7 nitrogen and oxygen atoms in total. The van der Waals surface area contributed by atoms with Gasteiger partial charge in [-0.05, 0) is 49.7 Å². The van der Waals surface area contributed by atoms with Crippen molar-refractivity contribution in [2.24, 2.45) is 0 Å². The number of hydrogen-bond donors (Lipinski definition) is 1. The van der Waals surface area contributed by atoms with Crippen LogP contribution in [-0.4, -0.2) is 35.0 Å². The van der Waals surface area contributed by atoms with Gasteiger partial charge >= 0.3 is 0 Å². The number of anilines is 2. The molecule has 1 atom stereocenters. The molecule has 0 spiro atoms. The van der Waals surface area contributed by atoms with Gasteiger partial charge < -0.3 is 19.7 Å². The Balaban J connectivity index is 1.65. The number of rotatable bonds is 8. The lowest BCUT2D eigenvalue weighted by Crippen LogP contribution is -2.38. The molecule has 1 heterocycles. The molecule has 4 rings (SSSR count). The first-order valence-corrected chi connectivity index (χ1v) is 12.4. The Morgan fingerprint density at radius 3 is 2.50 bits per heavy atom. The van der Waals surface area contributed by atoms with Crippen molar-refractivity contribution in [3.05, 3.63) is 77.9 Å². The molecular formula is C26H26N2O5S. The van der Waals surface area contributed by atoms with E-state index in [1.165, 1.54) is 0 Å². The van der Waals surface area contributed by atoms with Crippen molar-refractivity contribution < 1.29 is 23.3 Å². The number of amides is 2. The molecule has 1 N–H and O–H groups in total. The van der Waals surface area contributed by atoms with E-state index in [2.05, 4.69) is 5.32 Å². The topological polar surface area (TPSA) is 84.9 Å². The molecule has 3 aromatic rings. The highest BCUT2D eigenvalue weighted by atomic mass is 32.2. The molecule has 1 aliphatic rings. The minimum Gasteiger partial charge on any atom is -0.494 e. The quantitative estimate of drug-likeness (QED) is 0.519. The fraction of sp³-hybridized carbons (Fsp3) is 0.231. The van der Waals surface area contributed by atoms with Crippen molar-refractivity contribution in [2.45, 2.75) is 25.3 Å². The van der Waals surface area contributed by atoms with Gasteiger partial charge in [0, 0.05) is 11.6 Å². The van der Waals surface area contributed by atoms with Gasteiger partial charge in [-0.1, -0.05) is 30.3 Å². The molecule has 8 heteroatoms. The highest BCUT2D eigenvalue weighted by Gasteiger charge is 2.30. The third-order valence-corrected chi connectivity index (χ3v) is 6.65. The number of carbonyl (C=O) groups excluding carboxylic acids is 2. The first-order chi connectivity index (χ1) is 16.5. The molecule has 0 aliphatic carbocycles. The highest BCUT2D eigenvalue weighted by molar-refractivity contribution is 7.86. The monoisotopic (exact) mass is 478 g/mol. The number of nitrogens with zero attached hydrogens (tertiary/aromatic N) is 1. The second kappa shape index (κ2) is 10.5. The largest absolute Gasteiger partial charge is 0.494 e. The average Bonchev–Trinajstić information content (AvgIpc) is 2.84. The van der Waals surface area contributed by atoms with Crippen LogP contribution in [0.1, 0.15) is 29.8 Å². The van der Waals surface area contributed by atoms with Crippen molar-refractivity contribution in [2.75, 3.05) is 29.2 Å². The third kappa shape index (κ3) is 5.12. The molecule has 3 aromatic carbocycles. The fourth-order valence-corrected chi connectivity index (χ4v) is 4.90. The molecule has 0 aromatic heterocycles. The fourth-order valence-electron chi connectivity index (χ4n) is 3.74. The van der Waals surface area contributed by atoms with Gasteiger partial charge in [0.05, 0.1) is 46.8 Å². The van der Waals surface area contributed by atoms with E-state index in [0.29, 0.717) is 53.1 Å². The standard InChI is InChI=1S/C26H26N2O5S/c1-3-32-20-11-12-23(33-4-2)21(15-20)27-26(30)19-10-13-24-22(14-19)28(25(29)17-34(24)31)16-18-8-6-5-7-9-18/h5-15H,3-4,16-17H2,1-2H3,(H,27,30). The molecule has 0 radical (unpaired) electrons. The maximum atomic E-state index is 13.2. The van der Waals surface area contributed by atoms with Crippen molar-refractivity contribution in [3.8, 4) is 11.5 Å². The van der Waals surface area contributed by atoms with Crippen LogP contribution in [0.15, 0.2) is 71.6 Å². The summed E-state index contributed by atoms with van der Waals surface area (Å²) in [6, 6.07) is 19.7. The Labute approximate surface area is 201 Å². The van der Waals surface area contributed by atoms with Crippen LogP contribution in [0.2, 0.25) is 0 Å². The zero-order valence-electron chi connectivity index (χ0n) is 19.1. The van der Waals surface area contributed by atoms with Gasteiger partial charge in [0.2, 0.25) is 5.91 Å². The summed E-state index contributed by atoms with van der Waals surface area (Å²) in [5.41, 5.74) is 2.25. The zero-order valence-corrected chi connectivity index (χ0v) is 19.9. The third-order valence-electron chi connectivity index (χ3n) is 5.31. The van der Waals surface area contributed by atoms with Gasteiger partial charge in [-0.25, -0.2) is 0 Å². The van der Waals surface area contributed by atoms with Crippen LogP contribution in [-0.2, 0) is 22.1 Å². The van der Waals surface area contributed by atoms with Gasteiger partial charge in [-0.2, -0.15) is 0 Å². The Morgan fingerprint density at radius 1 is 1.00 bits per heavy atom. The SMILES string of the molecule is CCOc1ccc(OCC)c(NC(=O)c2ccc3c(c2)N(Cc2ccccc2)C(=O)CS3=O)c1. The van der Waals surface area contributed by atoms with Crippen molar-refractivity contribution in [1.29, 1.82) is 0 Å². The first kappa shape index (κ1) is 23.5. The van der Waals surface area contributed by atoms with Gasteiger partial charge in [0.15, 0.2) is 0 Å². The number of hydrogen-bond acceptors (Lipinski definition) is 5. The second-order valence-electron chi connectivity index (χ2n) is 7.62. The Hall–Kier alpha value is -3.65. The smallest absolute Gasteiger partial charge is 0.255 e. The second-order valence-corrected chi connectivity index (χ2v) is 9.04. The minimum absolute atomic E-state index is 0.0761. The Bertz CT molecular complexity index is 1230. The van der Waals surface area contributed by atoms with E-state index in [1.54, 1.807) is 41.3 Å². The molecule has 34 heavy (non-hydrogen) atoms. The predicted octanol–water partition coefficient (Wildman–Crippen LogP) is 4.39. The van der Waals surface area contributed by atoms with Crippen LogP contribution < -0.4 is 19.7 Å². The summed E-state index contributed by atoms with van der Waals surface area (Å²) in [7, 11) is -1.45. The van der Waals surface area contributed by atoms with E-state index in [1.807, 2.05) is 44.2 Å². The summed E-state index contributed by atoms with van der Waals surface area (Å²) in [4.78, 5) is 28.1. The minimum atomic E-state index is -1.45. The van der Waals surface area contributed by atoms with Crippen molar-refractivity contribution >= 4 is 34.0 Å². The average molecular weight is 479 g/mol. The summed E-state index contributed by atoms with van der Waals surface area (Å²) in [5.74, 6) is 0.449. The van der Waals surface area contributed by atoms with Crippen LogP contribution >= 0.6 is 0 Å². The molecular weight excluding hydrogens is 452 g/mol. The Morgan fingerprint density at radius 2 is 1.76 bits per heavy atom. The van der Waals surface area contributed by atoms with Crippen LogP contribution in [0.5, 0.6) is 11.5 Å². The van der Waals surface area contributed by atoms with Crippen LogP contribution in [0.4, 0.5) is 11.4 Å².